The summed E-state index contributed by atoms with van der Waals surface area (Å²) in [6.45, 7) is -0.438. The van der Waals surface area contributed by atoms with Gasteiger partial charge in [-0.15, -0.1) is 11.8 Å². The number of benzene rings is 3. The van der Waals surface area contributed by atoms with E-state index in [2.05, 4.69) is 5.10 Å². The zero-order valence-electron chi connectivity index (χ0n) is 19.7. The number of halogens is 1. The minimum absolute atomic E-state index is 0.435. The van der Waals surface area contributed by atoms with E-state index in [9.17, 15) is 9.59 Å². The van der Waals surface area contributed by atoms with Gasteiger partial charge in [-0.2, -0.15) is 5.10 Å². The fraction of sp³-hybridized carbons (Fsp3) is 0.138. The fourth-order valence-corrected chi connectivity index (χ4v) is 5.22. The Morgan fingerprint density at radius 3 is 2.35 bits per heavy atom. The molecule has 1 aliphatic heterocycles. The molecule has 0 bridgehead atoms. The number of carbonyl (C=O) groups excluding carboxylic acids is 2. The summed E-state index contributed by atoms with van der Waals surface area (Å²) in [7, 11) is 0. The third-order valence-corrected chi connectivity index (χ3v) is 7.36. The van der Waals surface area contributed by atoms with Crippen LogP contribution in [-0.4, -0.2) is 29.2 Å². The van der Waals surface area contributed by atoms with Crippen molar-refractivity contribution in [1.29, 1.82) is 0 Å². The molecule has 1 aliphatic rings. The number of rotatable bonds is 8. The molecule has 8 heteroatoms. The number of hydrazone groups is 1. The maximum absolute atomic E-state index is 13.3. The molecular formula is C29H23ClN2O4S. The quantitative estimate of drug-likeness (QED) is 0.187. The van der Waals surface area contributed by atoms with Gasteiger partial charge < -0.3 is 9.15 Å². The van der Waals surface area contributed by atoms with Gasteiger partial charge in [0.1, 0.15) is 17.1 Å². The van der Waals surface area contributed by atoms with E-state index in [1.165, 1.54) is 16.8 Å². The highest BCUT2D eigenvalue weighted by Crippen LogP contribution is 2.37. The summed E-state index contributed by atoms with van der Waals surface area (Å²) in [6, 6.07) is 29.4. The van der Waals surface area contributed by atoms with Crippen molar-refractivity contribution in [2.75, 3.05) is 6.61 Å². The van der Waals surface area contributed by atoms with Gasteiger partial charge in [-0.3, -0.25) is 9.59 Å². The number of nitrogens with zero attached hydrogens (tertiary/aromatic N) is 2. The maximum atomic E-state index is 13.3. The second kappa shape index (κ2) is 11.5. The largest absolute Gasteiger partial charge is 0.467 e. The van der Waals surface area contributed by atoms with E-state index in [1.54, 1.807) is 30.5 Å². The molecule has 0 aliphatic carbocycles. The molecule has 0 spiro atoms. The van der Waals surface area contributed by atoms with Crippen LogP contribution in [0, 0.1) is 0 Å². The van der Waals surface area contributed by atoms with Crippen molar-refractivity contribution in [1.82, 2.24) is 5.01 Å². The summed E-state index contributed by atoms with van der Waals surface area (Å²) < 4.78 is 11.1. The Morgan fingerprint density at radius 2 is 1.68 bits per heavy atom. The highest BCUT2D eigenvalue weighted by atomic mass is 35.5. The third-order valence-electron chi connectivity index (χ3n) is 5.87. The summed E-state index contributed by atoms with van der Waals surface area (Å²) in [5.41, 5.74) is 2.38. The van der Waals surface area contributed by atoms with Crippen molar-refractivity contribution in [3.8, 4) is 0 Å². The van der Waals surface area contributed by atoms with E-state index < -0.39 is 29.8 Å². The second-order valence-corrected chi connectivity index (χ2v) is 9.97. The normalized spacial score (nSPS) is 15.8. The first kappa shape index (κ1) is 24.9. The Labute approximate surface area is 223 Å². The smallest absolute Gasteiger partial charge is 0.324 e. The van der Waals surface area contributed by atoms with Gasteiger partial charge in [0.25, 0.3) is 5.91 Å². The molecule has 0 fully saturated rings. The molecule has 1 amide bonds. The number of hydrogen-bond acceptors (Lipinski definition) is 6. The molecule has 4 aromatic rings. The molecular weight excluding hydrogens is 508 g/mol. The Kier molecular flexibility index (Phi) is 7.73. The number of hydrogen-bond donors (Lipinski definition) is 0. The van der Waals surface area contributed by atoms with Gasteiger partial charge >= 0.3 is 5.97 Å². The summed E-state index contributed by atoms with van der Waals surface area (Å²) in [5.74, 6) is -0.325. The topological polar surface area (TPSA) is 72.1 Å². The van der Waals surface area contributed by atoms with Gasteiger partial charge in [-0.25, -0.2) is 5.01 Å². The average molecular weight is 531 g/mol. The summed E-state index contributed by atoms with van der Waals surface area (Å²) in [5, 5.41) is 5.92. The van der Waals surface area contributed by atoms with Crippen molar-refractivity contribution in [3.63, 3.8) is 0 Å². The van der Waals surface area contributed by atoms with Gasteiger partial charge in [0.15, 0.2) is 6.61 Å². The minimum atomic E-state index is -0.621. The van der Waals surface area contributed by atoms with Crippen LogP contribution in [0.2, 0.25) is 5.02 Å². The van der Waals surface area contributed by atoms with E-state index in [0.717, 1.165) is 21.7 Å². The number of esters is 1. The number of thioether (sulfide) groups is 1. The first-order valence-electron chi connectivity index (χ1n) is 11.7. The lowest BCUT2D eigenvalue weighted by atomic mass is 10.0. The lowest BCUT2D eigenvalue weighted by molar-refractivity contribution is -0.152. The molecule has 0 saturated heterocycles. The zero-order valence-corrected chi connectivity index (χ0v) is 21.3. The molecule has 5 rings (SSSR count). The Bertz CT molecular complexity index is 1380. The standard InChI is InChI=1S/C29H23ClN2O4S/c30-22-15-13-20(14-16-22)24-18-25(26-12-7-17-35-26)32(31-24)27(33)19-36-29(34)28(21-8-3-1-4-9-21)37-23-10-5-2-6-11-23/h1-17,25,28H,18-19H2/t25-,28-/m1/s1. The summed E-state index contributed by atoms with van der Waals surface area (Å²) in [6.07, 6.45) is 2.02. The summed E-state index contributed by atoms with van der Waals surface area (Å²) >= 11 is 7.41. The lowest BCUT2D eigenvalue weighted by Crippen LogP contribution is -2.31. The van der Waals surface area contributed by atoms with E-state index in [-0.39, 0.29) is 0 Å². The van der Waals surface area contributed by atoms with E-state index in [1.807, 2.05) is 72.8 Å². The van der Waals surface area contributed by atoms with Crippen LogP contribution in [0.3, 0.4) is 0 Å². The second-order valence-electron chi connectivity index (χ2n) is 8.36. The molecule has 2 atom stereocenters. The van der Waals surface area contributed by atoms with Crippen molar-refractivity contribution >= 4 is 41.0 Å². The molecule has 1 aromatic heterocycles. The lowest BCUT2D eigenvalue weighted by Gasteiger charge is -2.21. The number of amides is 1. The van der Waals surface area contributed by atoms with Gasteiger partial charge in [0.05, 0.1) is 12.0 Å². The molecule has 37 heavy (non-hydrogen) atoms. The maximum Gasteiger partial charge on any atom is 0.324 e. The summed E-state index contributed by atoms with van der Waals surface area (Å²) in [4.78, 5) is 27.4. The van der Waals surface area contributed by atoms with Gasteiger partial charge in [0, 0.05) is 16.3 Å². The third kappa shape index (κ3) is 5.96. The van der Waals surface area contributed by atoms with Crippen LogP contribution >= 0.6 is 23.4 Å². The van der Waals surface area contributed by atoms with Crippen LogP contribution in [0.15, 0.2) is 118 Å². The SMILES string of the molecule is O=C(OCC(=O)N1N=C(c2ccc(Cl)cc2)C[C@@H]1c1ccco1)[C@H](Sc1ccccc1)c1ccccc1. The molecule has 3 aromatic carbocycles. The van der Waals surface area contributed by atoms with Crippen LogP contribution in [0.5, 0.6) is 0 Å². The Balaban J connectivity index is 1.33. The fourth-order valence-electron chi connectivity index (χ4n) is 4.05. The van der Waals surface area contributed by atoms with Gasteiger partial charge in [0.2, 0.25) is 0 Å². The zero-order chi connectivity index (χ0) is 25.6. The molecule has 0 N–H and O–H groups in total. The molecule has 2 heterocycles. The number of ether oxygens (including phenoxy) is 1. The Morgan fingerprint density at radius 1 is 0.973 bits per heavy atom. The number of carbonyl (C=O) groups is 2. The van der Waals surface area contributed by atoms with E-state index in [0.29, 0.717) is 17.2 Å². The highest BCUT2D eigenvalue weighted by molar-refractivity contribution is 8.00. The monoisotopic (exact) mass is 530 g/mol. The van der Waals surface area contributed by atoms with Crippen molar-refractivity contribution in [3.05, 3.63) is 125 Å². The molecule has 0 unspecified atom stereocenters. The van der Waals surface area contributed by atoms with Gasteiger partial charge in [-0.05, 0) is 47.5 Å². The Hall–Kier alpha value is -3.81. The molecule has 0 saturated carbocycles. The van der Waals surface area contributed by atoms with Crippen molar-refractivity contribution in [2.45, 2.75) is 22.6 Å². The first-order valence-corrected chi connectivity index (χ1v) is 13.0. The highest BCUT2D eigenvalue weighted by Gasteiger charge is 2.35. The van der Waals surface area contributed by atoms with Crippen molar-refractivity contribution < 1.29 is 18.7 Å². The average Bonchev–Trinajstić information content (AvgIpc) is 3.62. The van der Waals surface area contributed by atoms with E-state index >= 15 is 0 Å². The molecule has 6 nitrogen and oxygen atoms in total. The van der Waals surface area contributed by atoms with E-state index in [4.69, 9.17) is 20.8 Å². The van der Waals surface area contributed by atoms with Crippen LogP contribution in [0.1, 0.15) is 34.6 Å². The van der Waals surface area contributed by atoms with Crippen LogP contribution in [0.4, 0.5) is 0 Å². The van der Waals surface area contributed by atoms with Gasteiger partial charge in [-0.1, -0.05) is 72.3 Å². The van der Waals surface area contributed by atoms with Crippen LogP contribution in [-0.2, 0) is 14.3 Å². The first-order chi connectivity index (χ1) is 18.1. The minimum Gasteiger partial charge on any atom is -0.467 e. The van der Waals surface area contributed by atoms with Crippen LogP contribution < -0.4 is 0 Å². The number of furan rings is 1. The van der Waals surface area contributed by atoms with Crippen molar-refractivity contribution in [2.24, 2.45) is 5.10 Å². The molecule has 0 radical (unpaired) electrons. The predicted molar refractivity (Wildman–Crippen MR) is 143 cm³/mol. The predicted octanol–water partition coefficient (Wildman–Crippen LogP) is 6.69. The van der Waals surface area contributed by atoms with Crippen LogP contribution in [0.25, 0.3) is 0 Å². The molecule has 186 valence electrons.